The number of benzene rings is 1. The van der Waals surface area contributed by atoms with Gasteiger partial charge in [-0.15, -0.1) is 6.58 Å². The lowest BCUT2D eigenvalue weighted by molar-refractivity contribution is 0.0692. The highest BCUT2D eigenvalue weighted by Gasteiger charge is 2.18. The lowest BCUT2D eigenvalue weighted by Gasteiger charge is -2.06. The van der Waals surface area contributed by atoms with Crippen LogP contribution in [0.15, 0.2) is 35.6 Å². The minimum absolute atomic E-state index is 0.311. The van der Waals surface area contributed by atoms with E-state index in [2.05, 4.69) is 11.6 Å². The fourth-order valence-electron chi connectivity index (χ4n) is 1.82. The zero-order valence-corrected chi connectivity index (χ0v) is 9.43. The molecular formula is C13H11NO4. The summed E-state index contributed by atoms with van der Waals surface area (Å²) in [6.07, 6.45) is 2.29. The van der Waals surface area contributed by atoms with E-state index in [9.17, 15) is 14.7 Å². The summed E-state index contributed by atoms with van der Waals surface area (Å²) in [6, 6.07) is 5.04. The topological polar surface area (TPSA) is 90.4 Å². The summed E-state index contributed by atoms with van der Waals surface area (Å²) in [7, 11) is 0. The summed E-state index contributed by atoms with van der Waals surface area (Å²) in [5, 5.41) is 19.1. The summed E-state index contributed by atoms with van der Waals surface area (Å²) in [6.45, 7) is 3.60. The maximum Gasteiger partial charge on any atom is 0.345 e. The maximum atomic E-state index is 11.5. The number of aromatic nitrogens is 1. The van der Waals surface area contributed by atoms with E-state index >= 15 is 0 Å². The molecule has 0 aliphatic carbocycles. The predicted octanol–water partition coefficient (Wildman–Crippen LogP) is 1.66. The van der Waals surface area contributed by atoms with Gasteiger partial charge in [0, 0.05) is 5.39 Å². The average molecular weight is 245 g/mol. The molecule has 3 N–H and O–H groups in total. The second-order valence-electron chi connectivity index (χ2n) is 3.86. The Kier molecular flexibility index (Phi) is 2.89. The van der Waals surface area contributed by atoms with E-state index in [1.807, 2.05) is 0 Å². The van der Waals surface area contributed by atoms with Gasteiger partial charge in [0.25, 0.3) is 5.56 Å². The van der Waals surface area contributed by atoms with Crippen molar-refractivity contribution in [1.29, 1.82) is 0 Å². The Hall–Kier alpha value is -2.56. The van der Waals surface area contributed by atoms with Crippen molar-refractivity contribution < 1.29 is 15.0 Å². The van der Waals surface area contributed by atoms with Crippen LogP contribution in [0.3, 0.4) is 0 Å². The van der Waals surface area contributed by atoms with Crippen LogP contribution in [-0.2, 0) is 6.42 Å². The van der Waals surface area contributed by atoms with Crippen LogP contribution >= 0.6 is 0 Å². The molecule has 0 unspecified atom stereocenters. The number of rotatable bonds is 3. The van der Waals surface area contributed by atoms with Gasteiger partial charge in [0.05, 0.1) is 5.52 Å². The molecule has 1 aromatic carbocycles. The van der Waals surface area contributed by atoms with Gasteiger partial charge in [0.2, 0.25) is 0 Å². The van der Waals surface area contributed by atoms with Crippen LogP contribution in [0.4, 0.5) is 0 Å². The van der Waals surface area contributed by atoms with Gasteiger partial charge in [-0.1, -0.05) is 12.1 Å². The fourth-order valence-corrected chi connectivity index (χ4v) is 1.82. The molecule has 1 aromatic heterocycles. The van der Waals surface area contributed by atoms with Crippen molar-refractivity contribution in [2.75, 3.05) is 0 Å². The molecular weight excluding hydrogens is 234 g/mol. The third kappa shape index (κ3) is 1.86. The van der Waals surface area contributed by atoms with Gasteiger partial charge in [0.15, 0.2) is 5.56 Å². The molecule has 0 saturated heterocycles. The van der Waals surface area contributed by atoms with Crippen molar-refractivity contribution in [3.8, 4) is 5.75 Å². The van der Waals surface area contributed by atoms with E-state index in [1.165, 1.54) is 0 Å². The van der Waals surface area contributed by atoms with Crippen LogP contribution in [0.5, 0.6) is 5.75 Å². The van der Waals surface area contributed by atoms with Crippen molar-refractivity contribution in [1.82, 2.24) is 4.98 Å². The number of carbonyl (C=O) groups is 1. The van der Waals surface area contributed by atoms with E-state index < -0.39 is 22.8 Å². The summed E-state index contributed by atoms with van der Waals surface area (Å²) in [4.78, 5) is 24.8. The summed E-state index contributed by atoms with van der Waals surface area (Å²) >= 11 is 0. The van der Waals surface area contributed by atoms with Gasteiger partial charge in [-0.05, 0) is 24.1 Å². The Morgan fingerprint density at radius 2 is 2.17 bits per heavy atom. The minimum atomic E-state index is -1.45. The molecule has 5 nitrogen and oxygen atoms in total. The molecule has 0 fully saturated rings. The Morgan fingerprint density at radius 1 is 1.44 bits per heavy atom. The highest BCUT2D eigenvalue weighted by molar-refractivity contribution is 5.98. The van der Waals surface area contributed by atoms with Crippen LogP contribution in [0.2, 0.25) is 0 Å². The monoisotopic (exact) mass is 245 g/mol. The van der Waals surface area contributed by atoms with Gasteiger partial charge in [-0.3, -0.25) is 4.79 Å². The number of carboxylic acid groups (broad SMARTS) is 1. The highest BCUT2D eigenvalue weighted by atomic mass is 16.4. The van der Waals surface area contributed by atoms with E-state index in [0.717, 1.165) is 5.56 Å². The SMILES string of the molecule is C=CCc1ccc2[nH]c(=O)c(C(=O)O)c(O)c2c1. The molecule has 18 heavy (non-hydrogen) atoms. The van der Waals surface area contributed by atoms with Crippen molar-refractivity contribution in [2.24, 2.45) is 0 Å². The molecule has 0 aliphatic heterocycles. The standard InChI is InChI=1S/C13H11NO4/c1-2-3-7-4-5-9-8(6-7)11(15)10(13(17)18)12(16)14-9/h2,4-6H,1,3H2,(H,17,18)(H2,14,15,16). The van der Waals surface area contributed by atoms with Crippen LogP contribution in [0.1, 0.15) is 15.9 Å². The number of hydrogen-bond acceptors (Lipinski definition) is 3. The normalized spacial score (nSPS) is 10.4. The van der Waals surface area contributed by atoms with Crippen molar-refractivity contribution in [3.63, 3.8) is 0 Å². The Bertz CT molecular complexity index is 700. The van der Waals surface area contributed by atoms with Crippen LogP contribution in [-0.4, -0.2) is 21.2 Å². The second-order valence-corrected chi connectivity index (χ2v) is 3.86. The molecule has 0 atom stereocenters. The number of nitrogens with one attached hydrogen (secondary N) is 1. The van der Waals surface area contributed by atoms with Crippen LogP contribution in [0.25, 0.3) is 10.9 Å². The van der Waals surface area contributed by atoms with Crippen LogP contribution in [0, 0.1) is 0 Å². The molecule has 2 aromatic rings. The first-order valence-corrected chi connectivity index (χ1v) is 5.26. The molecule has 5 heteroatoms. The molecule has 1 heterocycles. The quantitative estimate of drug-likeness (QED) is 0.717. The largest absolute Gasteiger partial charge is 0.506 e. The van der Waals surface area contributed by atoms with E-state index in [-0.39, 0.29) is 0 Å². The van der Waals surface area contributed by atoms with Gasteiger partial charge < -0.3 is 15.2 Å². The number of aromatic hydroxyl groups is 1. The highest BCUT2D eigenvalue weighted by Crippen LogP contribution is 2.26. The van der Waals surface area contributed by atoms with E-state index in [4.69, 9.17) is 5.11 Å². The smallest absolute Gasteiger partial charge is 0.345 e. The minimum Gasteiger partial charge on any atom is -0.506 e. The van der Waals surface area contributed by atoms with Gasteiger partial charge in [-0.2, -0.15) is 0 Å². The number of aromatic amines is 1. The zero-order chi connectivity index (χ0) is 13.3. The first-order valence-electron chi connectivity index (χ1n) is 5.26. The second kappa shape index (κ2) is 4.37. The summed E-state index contributed by atoms with van der Waals surface area (Å²) in [5.41, 5.74) is -0.186. The Morgan fingerprint density at radius 3 is 2.78 bits per heavy atom. The summed E-state index contributed by atoms with van der Waals surface area (Å²) < 4.78 is 0. The average Bonchev–Trinajstić information content (AvgIpc) is 2.30. The molecule has 0 amide bonds. The Labute approximate surface area is 102 Å². The Balaban J connectivity index is 2.81. The molecule has 2 rings (SSSR count). The number of pyridine rings is 1. The van der Waals surface area contributed by atoms with Crippen molar-refractivity contribution >= 4 is 16.9 Å². The number of hydrogen-bond donors (Lipinski definition) is 3. The molecule has 0 spiro atoms. The summed E-state index contributed by atoms with van der Waals surface area (Å²) in [5.74, 6) is -1.96. The van der Waals surface area contributed by atoms with E-state index in [0.29, 0.717) is 17.3 Å². The third-order valence-corrected chi connectivity index (χ3v) is 2.65. The molecule has 0 radical (unpaired) electrons. The molecule has 0 aliphatic rings. The number of allylic oxidation sites excluding steroid dienone is 1. The van der Waals surface area contributed by atoms with E-state index in [1.54, 1.807) is 24.3 Å². The third-order valence-electron chi connectivity index (χ3n) is 2.65. The number of aromatic carboxylic acids is 1. The first kappa shape index (κ1) is 11.9. The first-order chi connectivity index (χ1) is 8.54. The number of H-pyrrole nitrogens is 1. The zero-order valence-electron chi connectivity index (χ0n) is 9.43. The lowest BCUT2D eigenvalue weighted by Crippen LogP contribution is -2.17. The molecule has 92 valence electrons. The number of carboxylic acids is 1. The predicted molar refractivity (Wildman–Crippen MR) is 67.1 cm³/mol. The maximum absolute atomic E-state index is 11.5. The van der Waals surface area contributed by atoms with Crippen molar-refractivity contribution in [2.45, 2.75) is 6.42 Å². The van der Waals surface area contributed by atoms with Gasteiger partial charge >= 0.3 is 5.97 Å². The van der Waals surface area contributed by atoms with Gasteiger partial charge in [-0.25, -0.2) is 4.79 Å². The lowest BCUT2D eigenvalue weighted by atomic mass is 10.1. The number of fused-ring (bicyclic) bond motifs is 1. The van der Waals surface area contributed by atoms with Gasteiger partial charge in [0.1, 0.15) is 5.75 Å². The molecule has 0 saturated carbocycles. The van der Waals surface area contributed by atoms with Crippen molar-refractivity contribution in [3.05, 3.63) is 52.3 Å². The van der Waals surface area contributed by atoms with Crippen LogP contribution < -0.4 is 5.56 Å². The fraction of sp³-hybridized carbons (Fsp3) is 0.0769. The molecule has 0 bridgehead atoms.